The standard InChI is InChI=1S/C28H28NP/c1-22-13-12-14-23(2)28(22)29-27(24-15-6-3-7-16-24)21-30(25-17-8-4-9-18-25)26-19-10-5-11-20-26/h3-20,27,29H,21H2,1-2H3. The Labute approximate surface area is 181 Å². The van der Waals surface area contributed by atoms with Gasteiger partial charge in [-0.15, -0.1) is 0 Å². The maximum absolute atomic E-state index is 3.92. The number of para-hydroxylation sites is 1. The third-order valence-electron chi connectivity index (χ3n) is 5.50. The molecular weight excluding hydrogens is 381 g/mol. The first kappa shape index (κ1) is 20.4. The molecule has 1 unspecified atom stereocenters. The normalized spacial score (nSPS) is 12.0. The molecule has 0 amide bonds. The lowest BCUT2D eigenvalue weighted by molar-refractivity contribution is 0.890. The molecule has 0 radical (unpaired) electrons. The van der Waals surface area contributed by atoms with Crippen molar-refractivity contribution in [3.8, 4) is 0 Å². The Morgan fingerprint density at radius 2 is 1.07 bits per heavy atom. The smallest absolute Gasteiger partial charge is 0.0559 e. The van der Waals surface area contributed by atoms with Crippen LogP contribution in [0.25, 0.3) is 0 Å². The van der Waals surface area contributed by atoms with E-state index in [0.29, 0.717) is 0 Å². The van der Waals surface area contributed by atoms with Crippen molar-refractivity contribution >= 4 is 24.2 Å². The maximum atomic E-state index is 3.92. The van der Waals surface area contributed by atoms with Gasteiger partial charge in [-0.2, -0.15) is 0 Å². The van der Waals surface area contributed by atoms with Crippen LogP contribution in [0.1, 0.15) is 22.7 Å². The zero-order valence-corrected chi connectivity index (χ0v) is 18.5. The van der Waals surface area contributed by atoms with Crippen LogP contribution in [0.15, 0.2) is 109 Å². The second kappa shape index (κ2) is 9.74. The van der Waals surface area contributed by atoms with E-state index < -0.39 is 7.92 Å². The van der Waals surface area contributed by atoms with Gasteiger partial charge in [0.2, 0.25) is 0 Å². The molecule has 4 aromatic rings. The van der Waals surface area contributed by atoms with Crippen molar-refractivity contribution in [3.05, 3.63) is 126 Å². The van der Waals surface area contributed by atoms with E-state index in [1.807, 2.05) is 0 Å². The van der Waals surface area contributed by atoms with Crippen molar-refractivity contribution < 1.29 is 0 Å². The highest BCUT2D eigenvalue weighted by molar-refractivity contribution is 7.73. The Balaban J connectivity index is 1.74. The van der Waals surface area contributed by atoms with Crippen LogP contribution in [0, 0.1) is 13.8 Å². The van der Waals surface area contributed by atoms with E-state index >= 15 is 0 Å². The minimum atomic E-state index is -0.492. The molecule has 0 bridgehead atoms. The molecule has 4 aromatic carbocycles. The highest BCUT2D eigenvalue weighted by atomic mass is 31.1. The summed E-state index contributed by atoms with van der Waals surface area (Å²) in [7, 11) is -0.492. The third kappa shape index (κ3) is 4.81. The molecule has 0 aliphatic rings. The second-order valence-electron chi connectivity index (χ2n) is 7.66. The van der Waals surface area contributed by atoms with Crippen LogP contribution < -0.4 is 15.9 Å². The van der Waals surface area contributed by atoms with Gasteiger partial charge in [0.1, 0.15) is 0 Å². The Morgan fingerprint density at radius 3 is 1.57 bits per heavy atom. The van der Waals surface area contributed by atoms with Gasteiger partial charge in [-0.25, -0.2) is 0 Å². The minimum Gasteiger partial charge on any atom is -0.377 e. The lowest BCUT2D eigenvalue weighted by Gasteiger charge is -2.28. The van der Waals surface area contributed by atoms with Crippen LogP contribution in [0.5, 0.6) is 0 Å². The predicted octanol–water partition coefficient (Wildman–Crippen LogP) is 6.59. The van der Waals surface area contributed by atoms with Crippen molar-refractivity contribution in [2.24, 2.45) is 0 Å². The average Bonchev–Trinajstić information content (AvgIpc) is 2.80. The monoisotopic (exact) mass is 409 g/mol. The molecule has 1 N–H and O–H groups in total. The summed E-state index contributed by atoms with van der Waals surface area (Å²) in [6.45, 7) is 4.38. The Hall–Kier alpha value is -2.89. The molecule has 0 spiro atoms. The van der Waals surface area contributed by atoms with Crippen LogP contribution in [0.2, 0.25) is 0 Å². The summed E-state index contributed by atoms with van der Waals surface area (Å²) in [5, 5.41) is 6.76. The minimum absolute atomic E-state index is 0.234. The van der Waals surface area contributed by atoms with Crippen LogP contribution in [0.3, 0.4) is 0 Å². The van der Waals surface area contributed by atoms with Gasteiger partial charge in [-0.3, -0.25) is 0 Å². The van der Waals surface area contributed by atoms with E-state index in [0.717, 1.165) is 6.16 Å². The summed E-state index contributed by atoms with van der Waals surface area (Å²) in [6, 6.07) is 39.6. The fourth-order valence-electron chi connectivity index (χ4n) is 3.89. The number of rotatable bonds is 7. The first-order valence-electron chi connectivity index (χ1n) is 10.5. The van der Waals surface area contributed by atoms with Crippen LogP contribution in [-0.4, -0.2) is 6.16 Å². The number of benzene rings is 4. The fraction of sp³-hybridized carbons (Fsp3) is 0.143. The topological polar surface area (TPSA) is 12.0 Å². The van der Waals surface area contributed by atoms with Gasteiger partial charge in [-0.05, 0) is 49.1 Å². The molecule has 4 rings (SSSR count). The third-order valence-corrected chi connectivity index (χ3v) is 8.08. The molecule has 0 aliphatic carbocycles. The molecule has 0 aromatic heterocycles. The molecule has 1 atom stereocenters. The molecule has 2 heteroatoms. The van der Waals surface area contributed by atoms with Crippen LogP contribution in [0.4, 0.5) is 5.69 Å². The first-order valence-corrected chi connectivity index (χ1v) is 12.0. The molecule has 0 saturated carbocycles. The summed E-state index contributed by atoms with van der Waals surface area (Å²) in [5.74, 6) is 0. The van der Waals surface area contributed by atoms with Crippen molar-refractivity contribution in [1.82, 2.24) is 0 Å². The van der Waals surface area contributed by atoms with Crippen molar-refractivity contribution in [2.75, 3.05) is 11.5 Å². The maximum Gasteiger partial charge on any atom is 0.0559 e. The number of aryl methyl sites for hydroxylation is 2. The molecule has 1 nitrogen and oxygen atoms in total. The number of hydrogen-bond acceptors (Lipinski definition) is 1. The summed E-state index contributed by atoms with van der Waals surface area (Å²) < 4.78 is 0. The summed E-state index contributed by atoms with van der Waals surface area (Å²) in [4.78, 5) is 0. The Kier molecular flexibility index (Phi) is 6.62. The van der Waals surface area contributed by atoms with Gasteiger partial charge in [-0.1, -0.05) is 109 Å². The van der Waals surface area contributed by atoms with Gasteiger partial charge in [0.15, 0.2) is 0 Å². The summed E-state index contributed by atoms with van der Waals surface area (Å²) >= 11 is 0. The SMILES string of the molecule is Cc1cccc(C)c1NC(CP(c1ccccc1)c1ccccc1)c1ccccc1. The quantitative estimate of drug-likeness (QED) is 0.340. The van der Waals surface area contributed by atoms with Crippen LogP contribution in [-0.2, 0) is 0 Å². The molecule has 0 fully saturated rings. The zero-order valence-electron chi connectivity index (χ0n) is 17.6. The number of nitrogens with one attached hydrogen (secondary N) is 1. The highest BCUT2D eigenvalue weighted by Crippen LogP contribution is 2.40. The largest absolute Gasteiger partial charge is 0.377 e. The highest BCUT2D eigenvalue weighted by Gasteiger charge is 2.22. The summed E-state index contributed by atoms with van der Waals surface area (Å²) in [6.07, 6.45) is 1.04. The van der Waals surface area contributed by atoms with Crippen molar-refractivity contribution in [1.29, 1.82) is 0 Å². The second-order valence-corrected chi connectivity index (χ2v) is 9.91. The Bertz CT molecular complexity index is 1000. The number of anilines is 1. The van der Waals surface area contributed by atoms with Crippen molar-refractivity contribution in [2.45, 2.75) is 19.9 Å². The molecule has 0 saturated heterocycles. The van der Waals surface area contributed by atoms with Crippen molar-refractivity contribution in [3.63, 3.8) is 0 Å². The molecule has 0 heterocycles. The molecule has 150 valence electrons. The van der Waals surface area contributed by atoms with E-state index in [4.69, 9.17) is 0 Å². The van der Waals surface area contributed by atoms with Gasteiger partial charge in [0.05, 0.1) is 6.04 Å². The lowest BCUT2D eigenvalue weighted by Crippen LogP contribution is -2.22. The molecule has 30 heavy (non-hydrogen) atoms. The molecular formula is C28H28NP. The lowest BCUT2D eigenvalue weighted by atomic mass is 10.0. The van der Waals surface area contributed by atoms with E-state index in [1.54, 1.807) is 0 Å². The van der Waals surface area contributed by atoms with Gasteiger partial charge < -0.3 is 5.32 Å². The average molecular weight is 410 g/mol. The summed E-state index contributed by atoms with van der Waals surface area (Å²) in [5.41, 5.74) is 5.17. The fourth-order valence-corrected chi connectivity index (χ4v) is 6.35. The zero-order chi connectivity index (χ0) is 20.8. The number of hydrogen-bond donors (Lipinski definition) is 1. The van der Waals surface area contributed by atoms with Gasteiger partial charge >= 0.3 is 0 Å². The van der Waals surface area contributed by atoms with E-state index in [9.17, 15) is 0 Å². The predicted molar refractivity (Wildman–Crippen MR) is 133 cm³/mol. The van der Waals surface area contributed by atoms with Crippen LogP contribution >= 0.6 is 7.92 Å². The molecule has 0 aliphatic heterocycles. The van der Waals surface area contributed by atoms with E-state index in [-0.39, 0.29) is 6.04 Å². The van der Waals surface area contributed by atoms with Gasteiger partial charge in [0.25, 0.3) is 0 Å². The van der Waals surface area contributed by atoms with E-state index in [2.05, 4.69) is 128 Å². The van der Waals surface area contributed by atoms with E-state index in [1.165, 1.54) is 33.0 Å². The van der Waals surface area contributed by atoms with Gasteiger partial charge in [0, 0.05) is 11.8 Å². The first-order chi connectivity index (χ1) is 14.7. The Morgan fingerprint density at radius 1 is 0.600 bits per heavy atom.